The number of nitrogens with zero attached hydrogens (tertiary/aromatic N) is 1. The van der Waals surface area contributed by atoms with Crippen LogP contribution in [-0.4, -0.2) is 29.8 Å². The van der Waals surface area contributed by atoms with Crippen molar-refractivity contribution in [3.05, 3.63) is 65.0 Å². The van der Waals surface area contributed by atoms with E-state index in [2.05, 4.69) is 31.3 Å². The monoisotopic (exact) mass is 382 g/mol. The predicted molar refractivity (Wildman–Crippen MR) is 109 cm³/mol. The summed E-state index contributed by atoms with van der Waals surface area (Å²) in [4.78, 5) is 27.1. The number of halogens is 1. The van der Waals surface area contributed by atoms with Crippen LogP contribution in [0.4, 0.5) is 10.1 Å². The van der Waals surface area contributed by atoms with E-state index in [0.29, 0.717) is 31.5 Å². The van der Waals surface area contributed by atoms with Crippen LogP contribution in [0.2, 0.25) is 0 Å². The van der Waals surface area contributed by atoms with Gasteiger partial charge in [0.2, 0.25) is 5.91 Å². The van der Waals surface area contributed by atoms with Crippen LogP contribution >= 0.6 is 0 Å². The van der Waals surface area contributed by atoms with Gasteiger partial charge in [0.25, 0.3) is 5.91 Å². The molecule has 1 heterocycles. The molecule has 0 spiro atoms. The topological polar surface area (TPSA) is 49.4 Å². The third kappa shape index (κ3) is 4.41. The first-order valence-electron chi connectivity index (χ1n) is 10.00. The Labute approximate surface area is 165 Å². The van der Waals surface area contributed by atoms with Gasteiger partial charge in [0, 0.05) is 30.3 Å². The van der Waals surface area contributed by atoms with Crippen LogP contribution in [0.3, 0.4) is 0 Å². The summed E-state index contributed by atoms with van der Waals surface area (Å²) in [5.41, 5.74) is 3.73. The van der Waals surface area contributed by atoms with E-state index in [1.165, 1.54) is 24.3 Å². The van der Waals surface area contributed by atoms with Gasteiger partial charge in [-0.2, -0.15) is 0 Å². The first kappa shape index (κ1) is 20.1. The van der Waals surface area contributed by atoms with Crippen molar-refractivity contribution < 1.29 is 14.0 Å². The summed E-state index contributed by atoms with van der Waals surface area (Å²) in [7, 11) is 0. The molecular formula is C23H27FN2O2. The molecule has 4 nitrogen and oxygen atoms in total. The van der Waals surface area contributed by atoms with Gasteiger partial charge in [0.1, 0.15) is 5.82 Å². The van der Waals surface area contributed by atoms with Gasteiger partial charge in [0.05, 0.1) is 0 Å². The standard InChI is InChI=1S/C23H27FN2O2/c1-3-16-6-5-7-17(4-2)21(16)25-22(27)18-12-14-26(15-13-18)23(28)19-8-10-20(24)11-9-19/h5-11,18H,3-4,12-15H2,1-2H3,(H,25,27). The Morgan fingerprint density at radius 2 is 1.57 bits per heavy atom. The molecule has 0 aliphatic carbocycles. The summed E-state index contributed by atoms with van der Waals surface area (Å²) in [6.45, 7) is 5.24. The average molecular weight is 382 g/mol. The zero-order valence-electron chi connectivity index (χ0n) is 16.5. The lowest BCUT2D eigenvalue weighted by molar-refractivity contribution is -0.121. The number of hydrogen-bond donors (Lipinski definition) is 1. The fraction of sp³-hybridized carbons (Fsp3) is 0.391. The number of rotatable bonds is 5. The molecule has 1 aliphatic rings. The fourth-order valence-corrected chi connectivity index (χ4v) is 3.75. The summed E-state index contributed by atoms with van der Waals surface area (Å²) in [6.07, 6.45) is 3.01. The Balaban J connectivity index is 1.61. The van der Waals surface area contributed by atoms with Crippen molar-refractivity contribution in [3.8, 4) is 0 Å². The van der Waals surface area contributed by atoms with Crippen molar-refractivity contribution >= 4 is 17.5 Å². The van der Waals surface area contributed by atoms with Crippen molar-refractivity contribution in [1.29, 1.82) is 0 Å². The Morgan fingerprint density at radius 3 is 2.11 bits per heavy atom. The van der Waals surface area contributed by atoms with Crippen molar-refractivity contribution in [2.24, 2.45) is 5.92 Å². The summed E-state index contributed by atoms with van der Waals surface area (Å²) in [6, 6.07) is 11.7. The van der Waals surface area contributed by atoms with Crippen molar-refractivity contribution in [1.82, 2.24) is 4.90 Å². The molecule has 1 fully saturated rings. The maximum atomic E-state index is 13.1. The summed E-state index contributed by atoms with van der Waals surface area (Å²) < 4.78 is 13.1. The molecule has 1 saturated heterocycles. The highest BCUT2D eigenvalue weighted by Crippen LogP contribution is 2.26. The van der Waals surface area contributed by atoms with Crippen LogP contribution in [0.5, 0.6) is 0 Å². The van der Waals surface area contributed by atoms with Crippen molar-refractivity contribution in [3.63, 3.8) is 0 Å². The van der Waals surface area contributed by atoms with E-state index in [9.17, 15) is 14.0 Å². The minimum Gasteiger partial charge on any atom is -0.339 e. The van der Waals surface area contributed by atoms with Gasteiger partial charge < -0.3 is 10.2 Å². The quantitative estimate of drug-likeness (QED) is 0.831. The number of piperidine rings is 1. The maximum Gasteiger partial charge on any atom is 0.253 e. The van der Waals surface area contributed by atoms with E-state index in [1.807, 2.05) is 6.07 Å². The second-order valence-corrected chi connectivity index (χ2v) is 7.22. The number of hydrogen-bond acceptors (Lipinski definition) is 2. The van der Waals surface area contributed by atoms with E-state index in [0.717, 1.165) is 29.7 Å². The molecular weight excluding hydrogens is 355 g/mol. The molecule has 1 N–H and O–H groups in total. The van der Waals surface area contributed by atoms with E-state index < -0.39 is 0 Å². The molecule has 5 heteroatoms. The molecule has 148 valence electrons. The van der Waals surface area contributed by atoms with Gasteiger partial charge >= 0.3 is 0 Å². The number of para-hydroxylation sites is 1. The number of amides is 2. The largest absolute Gasteiger partial charge is 0.339 e. The summed E-state index contributed by atoms with van der Waals surface area (Å²) >= 11 is 0. The van der Waals surface area contributed by atoms with Gasteiger partial charge in [-0.05, 0) is 61.1 Å². The van der Waals surface area contributed by atoms with Crippen LogP contribution in [0, 0.1) is 11.7 Å². The number of benzene rings is 2. The highest BCUT2D eigenvalue weighted by atomic mass is 19.1. The van der Waals surface area contributed by atoms with Gasteiger partial charge in [0.15, 0.2) is 0 Å². The predicted octanol–water partition coefficient (Wildman–Crippen LogP) is 4.44. The normalized spacial score (nSPS) is 14.8. The van der Waals surface area contributed by atoms with E-state index in [-0.39, 0.29) is 23.5 Å². The molecule has 3 rings (SSSR count). The van der Waals surface area contributed by atoms with E-state index in [1.54, 1.807) is 4.90 Å². The van der Waals surface area contributed by atoms with Crippen LogP contribution in [0.25, 0.3) is 0 Å². The first-order valence-corrected chi connectivity index (χ1v) is 10.00. The van der Waals surface area contributed by atoms with Crippen molar-refractivity contribution in [2.75, 3.05) is 18.4 Å². The van der Waals surface area contributed by atoms with Gasteiger partial charge in [-0.15, -0.1) is 0 Å². The van der Waals surface area contributed by atoms with Gasteiger partial charge in [-0.3, -0.25) is 9.59 Å². The molecule has 0 radical (unpaired) electrons. The third-order valence-electron chi connectivity index (χ3n) is 5.49. The molecule has 28 heavy (non-hydrogen) atoms. The number of anilines is 1. The Kier molecular flexibility index (Phi) is 6.45. The van der Waals surface area contributed by atoms with E-state index >= 15 is 0 Å². The Hall–Kier alpha value is -2.69. The first-order chi connectivity index (χ1) is 13.5. The second kappa shape index (κ2) is 9.00. The average Bonchev–Trinajstić information content (AvgIpc) is 2.74. The highest BCUT2D eigenvalue weighted by Gasteiger charge is 2.28. The molecule has 0 bridgehead atoms. The number of nitrogens with one attached hydrogen (secondary N) is 1. The molecule has 0 atom stereocenters. The number of carbonyl (C=O) groups excluding carboxylic acids is 2. The maximum absolute atomic E-state index is 13.1. The van der Waals surface area contributed by atoms with Gasteiger partial charge in [-0.1, -0.05) is 32.0 Å². The molecule has 0 saturated carbocycles. The minimum absolute atomic E-state index is 0.0319. The van der Waals surface area contributed by atoms with E-state index in [4.69, 9.17) is 0 Å². The third-order valence-corrected chi connectivity index (χ3v) is 5.49. The Morgan fingerprint density at radius 1 is 1.00 bits per heavy atom. The molecule has 2 aromatic carbocycles. The molecule has 2 amide bonds. The number of aryl methyl sites for hydroxylation is 2. The fourth-order valence-electron chi connectivity index (χ4n) is 3.75. The molecule has 1 aliphatic heterocycles. The lowest BCUT2D eigenvalue weighted by atomic mass is 9.94. The molecule has 0 aromatic heterocycles. The lowest BCUT2D eigenvalue weighted by Gasteiger charge is -2.31. The van der Waals surface area contributed by atoms with Crippen LogP contribution in [0.15, 0.2) is 42.5 Å². The second-order valence-electron chi connectivity index (χ2n) is 7.22. The summed E-state index contributed by atoms with van der Waals surface area (Å²) in [5, 5.41) is 3.15. The number of carbonyl (C=O) groups is 2. The van der Waals surface area contributed by atoms with Crippen LogP contribution < -0.4 is 5.32 Å². The number of likely N-dealkylation sites (tertiary alicyclic amines) is 1. The van der Waals surface area contributed by atoms with Crippen molar-refractivity contribution in [2.45, 2.75) is 39.5 Å². The minimum atomic E-state index is -0.356. The lowest BCUT2D eigenvalue weighted by Crippen LogP contribution is -2.41. The molecule has 0 unspecified atom stereocenters. The van der Waals surface area contributed by atoms with Gasteiger partial charge in [-0.25, -0.2) is 4.39 Å². The smallest absolute Gasteiger partial charge is 0.253 e. The van der Waals surface area contributed by atoms with Crippen LogP contribution in [0.1, 0.15) is 48.2 Å². The zero-order chi connectivity index (χ0) is 20.1. The van der Waals surface area contributed by atoms with Crippen LogP contribution in [-0.2, 0) is 17.6 Å². The summed E-state index contributed by atoms with van der Waals surface area (Å²) in [5.74, 6) is -0.537. The zero-order valence-corrected chi connectivity index (χ0v) is 16.5. The molecule has 2 aromatic rings. The Bertz CT molecular complexity index is 818. The highest BCUT2D eigenvalue weighted by molar-refractivity contribution is 5.96. The SMILES string of the molecule is CCc1cccc(CC)c1NC(=O)C1CCN(C(=O)c2ccc(F)cc2)CC1.